The van der Waals surface area contributed by atoms with Crippen LogP contribution in [0.15, 0.2) is 18.2 Å². The Kier molecular flexibility index (Phi) is 7.25. The first-order valence-corrected chi connectivity index (χ1v) is 10.7. The second kappa shape index (κ2) is 9.74. The van der Waals surface area contributed by atoms with Crippen molar-refractivity contribution in [2.45, 2.75) is 63.8 Å². The number of fused-ring (bicyclic) bond motifs is 1. The lowest BCUT2D eigenvalue weighted by Crippen LogP contribution is -2.54. The number of hydrogen-bond acceptors (Lipinski definition) is 4. The number of rotatable bonds is 2. The standard InChI is InChI=1S/C19H26N4O2.C2HF3O2/c1-14-5-4-6-15(20-14)13-23-17-9-12-22(16(17)7-8-18(23)24)19(25)21-10-2-3-11-21;3-2(4,5)1(6)7/h4-6,16-17H,2-3,7-13H2,1H3;(H,6,7)/t16-,17-;/m1./s1. The fourth-order valence-corrected chi connectivity index (χ4v) is 4.54. The van der Waals surface area contributed by atoms with Gasteiger partial charge in [0.1, 0.15) is 0 Å². The van der Waals surface area contributed by atoms with Gasteiger partial charge in [-0.2, -0.15) is 13.2 Å². The Morgan fingerprint density at radius 1 is 1.12 bits per heavy atom. The Hall–Kier alpha value is -2.85. The van der Waals surface area contributed by atoms with Gasteiger partial charge in [0.25, 0.3) is 0 Å². The molecule has 3 aliphatic rings. The van der Waals surface area contributed by atoms with Crippen LogP contribution in [0.3, 0.4) is 0 Å². The Balaban J connectivity index is 0.000000360. The van der Waals surface area contributed by atoms with Crippen LogP contribution in [0.25, 0.3) is 0 Å². The summed E-state index contributed by atoms with van der Waals surface area (Å²) < 4.78 is 31.7. The van der Waals surface area contributed by atoms with Gasteiger partial charge in [-0.15, -0.1) is 0 Å². The maximum Gasteiger partial charge on any atom is 0.490 e. The number of carboxylic acids is 1. The number of likely N-dealkylation sites (tertiary alicyclic amines) is 3. The summed E-state index contributed by atoms with van der Waals surface area (Å²) in [4.78, 5) is 44.8. The number of alkyl halides is 3. The van der Waals surface area contributed by atoms with E-state index < -0.39 is 12.1 Å². The Morgan fingerprint density at radius 2 is 1.78 bits per heavy atom. The molecule has 32 heavy (non-hydrogen) atoms. The molecule has 0 aliphatic carbocycles. The summed E-state index contributed by atoms with van der Waals surface area (Å²) in [5.74, 6) is -2.56. The second-order valence-corrected chi connectivity index (χ2v) is 8.23. The average Bonchev–Trinajstić information content (AvgIpc) is 3.39. The molecule has 0 saturated carbocycles. The third kappa shape index (κ3) is 5.49. The summed E-state index contributed by atoms with van der Waals surface area (Å²) >= 11 is 0. The largest absolute Gasteiger partial charge is 0.490 e. The molecule has 4 rings (SSSR count). The number of aliphatic carboxylic acids is 1. The maximum atomic E-state index is 12.8. The van der Waals surface area contributed by atoms with E-state index in [2.05, 4.69) is 4.98 Å². The lowest BCUT2D eigenvalue weighted by atomic mass is 9.96. The Bertz CT molecular complexity index is 858. The van der Waals surface area contributed by atoms with Crippen LogP contribution in [0, 0.1) is 6.92 Å². The first-order valence-electron chi connectivity index (χ1n) is 10.7. The van der Waals surface area contributed by atoms with Crippen molar-refractivity contribution in [1.82, 2.24) is 19.7 Å². The Labute approximate surface area is 184 Å². The number of aryl methyl sites for hydroxylation is 1. The lowest BCUT2D eigenvalue weighted by Gasteiger charge is -2.40. The van der Waals surface area contributed by atoms with Crippen molar-refractivity contribution >= 4 is 17.9 Å². The van der Waals surface area contributed by atoms with E-state index >= 15 is 0 Å². The third-order valence-corrected chi connectivity index (χ3v) is 6.03. The van der Waals surface area contributed by atoms with Gasteiger partial charge in [-0.3, -0.25) is 9.78 Å². The fraction of sp³-hybridized carbons (Fsp3) is 0.619. The van der Waals surface area contributed by atoms with Gasteiger partial charge in [0, 0.05) is 31.7 Å². The summed E-state index contributed by atoms with van der Waals surface area (Å²) in [5, 5.41) is 7.12. The molecule has 176 valence electrons. The number of carbonyl (C=O) groups is 3. The van der Waals surface area contributed by atoms with Gasteiger partial charge < -0.3 is 19.8 Å². The van der Waals surface area contributed by atoms with Crippen LogP contribution in [0.1, 0.15) is 43.5 Å². The number of amides is 3. The van der Waals surface area contributed by atoms with Gasteiger partial charge in [0.05, 0.1) is 24.3 Å². The molecule has 2 atom stereocenters. The second-order valence-electron chi connectivity index (χ2n) is 8.23. The van der Waals surface area contributed by atoms with Crippen LogP contribution in [-0.2, 0) is 16.1 Å². The van der Waals surface area contributed by atoms with Crippen molar-refractivity contribution in [1.29, 1.82) is 0 Å². The number of carbonyl (C=O) groups excluding carboxylic acids is 2. The molecule has 0 bridgehead atoms. The molecule has 1 N–H and O–H groups in total. The quantitative estimate of drug-likeness (QED) is 0.739. The summed E-state index contributed by atoms with van der Waals surface area (Å²) in [6, 6.07) is 6.41. The van der Waals surface area contributed by atoms with E-state index in [4.69, 9.17) is 9.90 Å². The van der Waals surface area contributed by atoms with Gasteiger partial charge in [0.15, 0.2) is 0 Å². The van der Waals surface area contributed by atoms with E-state index in [-0.39, 0.29) is 24.0 Å². The van der Waals surface area contributed by atoms with E-state index in [0.29, 0.717) is 13.0 Å². The van der Waals surface area contributed by atoms with Crippen molar-refractivity contribution in [3.8, 4) is 0 Å². The minimum Gasteiger partial charge on any atom is -0.475 e. The minimum atomic E-state index is -5.08. The van der Waals surface area contributed by atoms with Crippen LogP contribution in [0.2, 0.25) is 0 Å². The highest BCUT2D eigenvalue weighted by Crippen LogP contribution is 2.33. The van der Waals surface area contributed by atoms with Crippen LogP contribution in [0.4, 0.5) is 18.0 Å². The summed E-state index contributed by atoms with van der Waals surface area (Å²) in [6.07, 6.45) is -0.673. The highest BCUT2D eigenvalue weighted by atomic mass is 19.4. The Morgan fingerprint density at radius 3 is 2.38 bits per heavy atom. The zero-order valence-electron chi connectivity index (χ0n) is 17.8. The van der Waals surface area contributed by atoms with Crippen molar-refractivity contribution in [3.05, 3.63) is 29.6 Å². The molecular formula is C21H27F3N4O4. The highest BCUT2D eigenvalue weighted by molar-refractivity contribution is 5.80. The van der Waals surface area contributed by atoms with Crippen LogP contribution < -0.4 is 0 Å². The first-order chi connectivity index (χ1) is 15.1. The van der Waals surface area contributed by atoms with E-state index in [1.165, 1.54) is 0 Å². The predicted octanol–water partition coefficient (Wildman–Crippen LogP) is 2.80. The highest BCUT2D eigenvalue weighted by Gasteiger charge is 2.46. The predicted molar refractivity (Wildman–Crippen MR) is 108 cm³/mol. The minimum absolute atomic E-state index is 0.134. The molecule has 1 aromatic heterocycles. The molecule has 3 amide bonds. The monoisotopic (exact) mass is 456 g/mol. The van der Waals surface area contributed by atoms with Crippen molar-refractivity contribution < 1.29 is 32.7 Å². The molecule has 0 unspecified atom stereocenters. The fourth-order valence-electron chi connectivity index (χ4n) is 4.54. The number of carboxylic acid groups (broad SMARTS) is 1. The third-order valence-electron chi connectivity index (χ3n) is 6.03. The molecule has 11 heteroatoms. The molecule has 3 fully saturated rings. The van der Waals surface area contributed by atoms with Gasteiger partial charge in [-0.25, -0.2) is 9.59 Å². The maximum absolute atomic E-state index is 12.8. The topological polar surface area (TPSA) is 94.1 Å². The van der Waals surface area contributed by atoms with Crippen LogP contribution >= 0.6 is 0 Å². The van der Waals surface area contributed by atoms with E-state index in [1.807, 2.05) is 39.8 Å². The number of piperidine rings is 1. The molecule has 4 heterocycles. The van der Waals surface area contributed by atoms with E-state index in [9.17, 15) is 22.8 Å². The van der Waals surface area contributed by atoms with Gasteiger partial charge in [-0.05, 0) is 44.7 Å². The first kappa shape index (κ1) is 23.8. The molecule has 3 aliphatic heterocycles. The molecule has 0 radical (unpaired) electrons. The number of halogens is 3. The molecular weight excluding hydrogens is 429 g/mol. The number of urea groups is 1. The lowest BCUT2D eigenvalue weighted by molar-refractivity contribution is -0.192. The van der Waals surface area contributed by atoms with Gasteiger partial charge >= 0.3 is 18.2 Å². The van der Waals surface area contributed by atoms with Crippen LogP contribution in [0.5, 0.6) is 0 Å². The zero-order chi connectivity index (χ0) is 23.5. The smallest absolute Gasteiger partial charge is 0.475 e. The van der Waals surface area contributed by atoms with E-state index in [0.717, 1.165) is 56.7 Å². The van der Waals surface area contributed by atoms with Gasteiger partial charge in [0.2, 0.25) is 5.91 Å². The molecule has 3 saturated heterocycles. The molecule has 0 spiro atoms. The van der Waals surface area contributed by atoms with E-state index in [1.54, 1.807) is 0 Å². The van der Waals surface area contributed by atoms with Crippen molar-refractivity contribution in [2.24, 2.45) is 0 Å². The van der Waals surface area contributed by atoms with Crippen LogP contribution in [-0.4, -0.2) is 80.6 Å². The number of hydrogen-bond donors (Lipinski definition) is 1. The summed E-state index contributed by atoms with van der Waals surface area (Å²) in [5.41, 5.74) is 1.90. The molecule has 8 nitrogen and oxygen atoms in total. The normalized spacial score (nSPS) is 23.0. The molecule has 1 aromatic rings. The zero-order valence-corrected chi connectivity index (χ0v) is 17.8. The SMILES string of the molecule is Cc1cccc(CN2C(=O)CC[C@@H]3[C@H]2CCN3C(=O)N2CCCC2)n1.O=C(O)C(F)(F)F. The average molecular weight is 456 g/mol. The van der Waals surface area contributed by atoms with Crippen molar-refractivity contribution in [3.63, 3.8) is 0 Å². The summed E-state index contributed by atoms with van der Waals surface area (Å²) in [6.45, 7) is 5.03. The summed E-state index contributed by atoms with van der Waals surface area (Å²) in [7, 11) is 0. The van der Waals surface area contributed by atoms with Crippen molar-refractivity contribution in [2.75, 3.05) is 19.6 Å². The van der Waals surface area contributed by atoms with Gasteiger partial charge in [-0.1, -0.05) is 6.07 Å². The number of aromatic nitrogens is 1. The molecule has 0 aromatic carbocycles. The number of nitrogens with zero attached hydrogens (tertiary/aromatic N) is 4. The number of pyridine rings is 1.